The second-order valence-corrected chi connectivity index (χ2v) is 7.04. The summed E-state index contributed by atoms with van der Waals surface area (Å²) in [5.41, 5.74) is 6.39. The molecule has 0 saturated carbocycles. The number of imidazole rings is 2. The van der Waals surface area contributed by atoms with Crippen molar-refractivity contribution >= 4 is 10.9 Å². The van der Waals surface area contributed by atoms with Crippen molar-refractivity contribution in [1.82, 2.24) is 24.5 Å². The lowest BCUT2D eigenvalue weighted by molar-refractivity contribution is 0.773. The highest BCUT2D eigenvalue weighted by molar-refractivity contribution is 5.86. The molecule has 0 aliphatic rings. The summed E-state index contributed by atoms with van der Waals surface area (Å²) >= 11 is 0. The summed E-state index contributed by atoms with van der Waals surface area (Å²) in [6.45, 7) is 2.09. The van der Waals surface area contributed by atoms with Crippen molar-refractivity contribution in [3.8, 4) is 17.5 Å². The molecule has 6 heteroatoms. The molecule has 4 rings (SSSR count). The van der Waals surface area contributed by atoms with E-state index in [4.69, 9.17) is 10.2 Å². The minimum absolute atomic E-state index is 0.522. The average Bonchev–Trinajstić information content (AvgIpc) is 3.36. The van der Waals surface area contributed by atoms with Crippen LogP contribution in [0.5, 0.6) is 0 Å². The first-order valence-corrected chi connectivity index (χ1v) is 9.40. The maximum absolute atomic E-state index is 8.96. The number of nitriles is 1. The van der Waals surface area contributed by atoms with Gasteiger partial charge in [-0.3, -0.25) is 0 Å². The molecule has 0 unspecified atom stereocenters. The van der Waals surface area contributed by atoms with Crippen molar-refractivity contribution in [2.24, 2.45) is 7.05 Å². The molecular weight excluding hydrogens is 348 g/mol. The summed E-state index contributed by atoms with van der Waals surface area (Å²) < 4.78 is 2.06. The van der Waals surface area contributed by atoms with Gasteiger partial charge in [-0.1, -0.05) is 0 Å². The van der Waals surface area contributed by atoms with Gasteiger partial charge in [0.25, 0.3) is 0 Å². The van der Waals surface area contributed by atoms with E-state index in [9.17, 15) is 0 Å². The average molecular weight is 370 g/mol. The monoisotopic (exact) mass is 370 g/mol. The van der Waals surface area contributed by atoms with Crippen LogP contribution in [0.25, 0.3) is 22.3 Å². The maximum Gasteiger partial charge on any atom is 0.108 e. The molecule has 0 radical (unpaired) electrons. The molecule has 0 bridgehead atoms. The number of aromatic nitrogens is 5. The van der Waals surface area contributed by atoms with E-state index < -0.39 is 0 Å². The Bertz CT molecular complexity index is 1150. The number of pyridine rings is 1. The Morgan fingerprint density at radius 1 is 1.14 bits per heavy atom. The van der Waals surface area contributed by atoms with E-state index in [1.165, 1.54) is 16.7 Å². The van der Waals surface area contributed by atoms with Crippen LogP contribution in [0.2, 0.25) is 0 Å². The van der Waals surface area contributed by atoms with Crippen LogP contribution >= 0.6 is 0 Å². The molecule has 0 spiro atoms. The molecule has 0 atom stereocenters. The number of aromatic amines is 1. The number of H-pyrrole nitrogens is 1. The Morgan fingerprint density at radius 3 is 2.75 bits per heavy atom. The molecule has 0 fully saturated rings. The fourth-order valence-corrected chi connectivity index (χ4v) is 3.58. The van der Waals surface area contributed by atoms with E-state index in [0.29, 0.717) is 6.42 Å². The third-order valence-electron chi connectivity index (χ3n) is 5.17. The van der Waals surface area contributed by atoms with Crippen LogP contribution in [-0.2, 0) is 26.3 Å². The van der Waals surface area contributed by atoms with E-state index in [1.54, 1.807) is 12.5 Å². The fourth-order valence-electron chi connectivity index (χ4n) is 3.58. The number of aryl methyl sites for hydroxylation is 5. The molecule has 3 aromatic heterocycles. The standard InChI is InChI=1S/C22H22N6/c1-15-10-19-18(11-16(15)4-3-7-23)17(5-6-22-25-8-9-28(22)2)12-20(27-19)21-13-24-14-26-21/h8-14H,3-6H2,1-2H3,(H,24,26). The van der Waals surface area contributed by atoms with E-state index in [2.05, 4.69) is 50.7 Å². The summed E-state index contributed by atoms with van der Waals surface area (Å²) in [6, 6.07) is 8.73. The van der Waals surface area contributed by atoms with E-state index in [-0.39, 0.29) is 0 Å². The number of rotatable bonds is 6. The van der Waals surface area contributed by atoms with Crippen LogP contribution in [0.15, 0.2) is 43.1 Å². The van der Waals surface area contributed by atoms with E-state index in [1.807, 2.05) is 19.4 Å². The van der Waals surface area contributed by atoms with Gasteiger partial charge in [0.1, 0.15) is 5.82 Å². The van der Waals surface area contributed by atoms with Crippen LogP contribution in [0, 0.1) is 18.3 Å². The van der Waals surface area contributed by atoms with Crippen LogP contribution in [0.3, 0.4) is 0 Å². The number of nitrogens with one attached hydrogen (secondary N) is 1. The largest absolute Gasteiger partial charge is 0.343 e. The van der Waals surface area contributed by atoms with Crippen molar-refractivity contribution in [3.05, 3.63) is 65.6 Å². The second-order valence-electron chi connectivity index (χ2n) is 7.04. The van der Waals surface area contributed by atoms with Crippen LogP contribution < -0.4 is 0 Å². The van der Waals surface area contributed by atoms with Gasteiger partial charge >= 0.3 is 0 Å². The summed E-state index contributed by atoms with van der Waals surface area (Å²) in [4.78, 5) is 16.6. The molecule has 3 heterocycles. The molecule has 4 aromatic rings. The molecule has 140 valence electrons. The third-order valence-corrected chi connectivity index (χ3v) is 5.17. The lowest BCUT2D eigenvalue weighted by Crippen LogP contribution is -2.02. The molecular formula is C22H22N6. The zero-order valence-electron chi connectivity index (χ0n) is 16.1. The SMILES string of the molecule is Cc1cc2nc(-c3cnc[nH]3)cc(CCc3nccn3C)c2cc1CCC#N. The Labute approximate surface area is 163 Å². The molecule has 28 heavy (non-hydrogen) atoms. The van der Waals surface area contributed by atoms with Gasteiger partial charge in [0.2, 0.25) is 0 Å². The van der Waals surface area contributed by atoms with Gasteiger partial charge in [-0.2, -0.15) is 5.26 Å². The highest BCUT2D eigenvalue weighted by Crippen LogP contribution is 2.28. The zero-order valence-corrected chi connectivity index (χ0v) is 16.1. The molecule has 0 amide bonds. The topological polar surface area (TPSA) is 83.2 Å². The number of nitrogens with zero attached hydrogens (tertiary/aromatic N) is 5. The van der Waals surface area contributed by atoms with Crippen LogP contribution in [0.4, 0.5) is 0 Å². The van der Waals surface area contributed by atoms with Crippen molar-refractivity contribution in [3.63, 3.8) is 0 Å². The van der Waals surface area contributed by atoms with E-state index >= 15 is 0 Å². The molecule has 0 aliphatic heterocycles. The van der Waals surface area contributed by atoms with Crippen LogP contribution in [-0.4, -0.2) is 24.5 Å². The van der Waals surface area contributed by atoms with Gasteiger partial charge in [-0.25, -0.2) is 15.0 Å². The minimum Gasteiger partial charge on any atom is -0.343 e. The smallest absolute Gasteiger partial charge is 0.108 e. The second kappa shape index (κ2) is 7.65. The lowest BCUT2D eigenvalue weighted by atomic mass is 9.96. The highest BCUT2D eigenvalue weighted by Gasteiger charge is 2.12. The van der Waals surface area contributed by atoms with Crippen molar-refractivity contribution < 1.29 is 0 Å². The first-order valence-electron chi connectivity index (χ1n) is 9.40. The van der Waals surface area contributed by atoms with Crippen molar-refractivity contribution in [1.29, 1.82) is 5.26 Å². The predicted molar refractivity (Wildman–Crippen MR) is 109 cm³/mol. The van der Waals surface area contributed by atoms with Gasteiger partial charge in [0, 0.05) is 37.7 Å². The first kappa shape index (κ1) is 17.9. The Balaban J connectivity index is 1.80. The Morgan fingerprint density at radius 2 is 2.04 bits per heavy atom. The van der Waals surface area contributed by atoms with Crippen molar-refractivity contribution in [2.45, 2.75) is 32.6 Å². The van der Waals surface area contributed by atoms with Gasteiger partial charge in [0.05, 0.1) is 35.5 Å². The quantitative estimate of drug-likeness (QED) is 0.558. The summed E-state index contributed by atoms with van der Waals surface area (Å²) in [5.74, 6) is 1.06. The van der Waals surface area contributed by atoms with Gasteiger partial charge in [0.15, 0.2) is 0 Å². The minimum atomic E-state index is 0.522. The highest BCUT2D eigenvalue weighted by atomic mass is 15.0. The third kappa shape index (κ3) is 3.52. The number of fused-ring (bicyclic) bond motifs is 1. The molecule has 0 saturated heterocycles. The summed E-state index contributed by atoms with van der Waals surface area (Å²) in [5, 5.41) is 10.1. The Hall–Kier alpha value is -3.46. The predicted octanol–water partition coefficient (Wildman–Crippen LogP) is 3.91. The summed E-state index contributed by atoms with van der Waals surface area (Å²) in [6.07, 6.45) is 10.3. The lowest BCUT2D eigenvalue weighted by Gasteiger charge is -2.13. The normalized spacial score (nSPS) is 11.0. The van der Waals surface area contributed by atoms with Gasteiger partial charge < -0.3 is 9.55 Å². The number of hydrogen-bond donors (Lipinski definition) is 1. The van der Waals surface area contributed by atoms with Gasteiger partial charge in [-0.15, -0.1) is 0 Å². The fraction of sp³-hybridized carbons (Fsp3) is 0.273. The molecule has 0 aliphatic carbocycles. The number of benzene rings is 1. The van der Waals surface area contributed by atoms with Crippen LogP contribution in [0.1, 0.15) is 28.9 Å². The zero-order chi connectivity index (χ0) is 19.5. The first-order chi connectivity index (χ1) is 13.7. The van der Waals surface area contributed by atoms with Crippen molar-refractivity contribution in [2.75, 3.05) is 0 Å². The molecule has 1 aromatic carbocycles. The Kier molecular flexibility index (Phi) is 4.90. The molecule has 1 N–H and O–H groups in total. The van der Waals surface area contributed by atoms with Gasteiger partial charge in [-0.05, 0) is 54.7 Å². The number of hydrogen-bond acceptors (Lipinski definition) is 4. The molecule has 6 nitrogen and oxygen atoms in total. The summed E-state index contributed by atoms with van der Waals surface area (Å²) in [7, 11) is 2.02. The van der Waals surface area contributed by atoms with E-state index in [0.717, 1.165) is 47.4 Å². The maximum atomic E-state index is 8.96.